The van der Waals surface area contributed by atoms with E-state index in [9.17, 15) is 14.7 Å². The first-order chi connectivity index (χ1) is 22.7. The third-order valence-corrected chi connectivity index (χ3v) is 10.4. The smallest absolute Gasteiger partial charge is 0.301 e. The standard InChI is InChI=1S/C34H32ClN5O5S2/c1-5-6-16-45-24-14-13-21(17-25(24)44-4)28-26(29(41)27-20(3)39-15-9-10-19(2)31(39)36-27)30(42)32(43)40(28)33-37-38-34(47-33)46-18-22-11-7-8-12-23(22)35/h7-15,17,28,41H,5-6,16,18H2,1-4H3/b29-26+. The summed E-state index contributed by atoms with van der Waals surface area (Å²) < 4.78 is 14.0. The van der Waals surface area contributed by atoms with Gasteiger partial charge in [-0.05, 0) is 61.2 Å². The Bertz CT molecular complexity index is 2020. The van der Waals surface area contributed by atoms with E-state index in [1.807, 2.05) is 53.9 Å². The van der Waals surface area contributed by atoms with Crippen LogP contribution in [0.25, 0.3) is 11.4 Å². The minimum atomic E-state index is -1.05. The van der Waals surface area contributed by atoms with Crippen molar-refractivity contribution < 1.29 is 24.2 Å². The van der Waals surface area contributed by atoms with Gasteiger partial charge in [-0.15, -0.1) is 10.2 Å². The van der Waals surface area contributed by atoms with Gasteiger partial charge in [-0.1, -0.05) is 78.4 Å². The van der Waals surface area contributed by atoms with Crippen molar-refractivity contribution >= 4 is 62.9 Å². The molecule has 13 heteroatoms. The number of benzene rings is 2. The number of fused-ring (bicyclic) bond motifs is 1. The van der Waals surface area contributed by atoms with Gasteiger partial charge in [-0.2, -0.15) is 0 Å². The number of thioether (sulfide) groups is 1. The molecule has 2 aromatic carbocycles. The van der Waals surface area contributed by atoms with Crippen LogP contribution in [0.2, 0.25) is 5.02 Å². The number of halogens is 1. The summed E-state index contributed by atoms with van der Waals surface area (Å²) in [5.74, 6) is -0.575. The van der Waals surface area contributed by atoms with Gasteiger partial charge in [0.05, 0.1) is 31.0 Å². The maximum atomic E-state index is 13.9. The number of aryl methyl sites for hydroxylation is 2. The van der Waals surface area contributed by atoms with Gasteiger partial charge >= 0.3 is 5.91 Å². The number of ketones is 1. The van der Waals surface area contributed by atoms with E-state index in [0.29, 0.717) is 50.1 Å². The van der Waals surface area contributed by atoms with E-state index < -0.39 is 17.7 Å². The van der Waals surface area contributed by atoms with Crippen LogP contribution < -0.4 is 14.4 Å². The number of anilines is 1. The summed E-state index contributed by atoms with van der Waals surface area (Å²) in [6, 6.07) is 15.5. The quantitative estimate of drug-likeness (QED) is 0.0374. The second kappa shape index (κ2) is 13.8. The average Bonchev–Trinajstić information content (AvgIpc) is 3.75. The lowest BCUT2D eigenvalue weighted by atomic mass is 9.96. The molecule has 47 heavy (non-hydrogen) atoms. The zero-order valence-electron chi connectivity index (χ0n) is 26.2. The molecule has 3 aromatic heterocycles. The molecule has 1 aliphatic rings. The molecule has 1 aliphatic heterocycles. The number of nitrogens with zero attached hydrogens (tertiary/aromatic N) is 5. The van der Waals surface area contributed by atoms with Crippen LogP contribution in [0.1, 0.15) is 53.9 Å². The van der Waals surface area contributed by atoms with Crippen molar-refractivity contribution in [2.24, 2.45) is 0 Å². The first-order valence-electron chi connectivity index (χ1n) is 15.0. The second-order valence-electron chi connectivity index (χ2n) is 10.9. The predicted octanol–water partition coefficient (Wildman–Crippen LogP) is 7.56. The Balaban J connectivity index is 1.45. The van der Waals surface area contributed by atoms with E-state index in [1.54, 1.807) is 25.1 Å². The van der Waals surface area contributed by atoms with E-state index >= 15 is 0 Å². The van der Waals surface area contributed by atoms with Crippen LogP contribution in [0, 0.1) is 13.8 Å². The molecule has 1 saturated heterocycles. The molecule has 242 valence electrons. The highest BCUT2D eigenvalue weighted by molar-refractivity contribution is 8.00. The predicted molar refractivity (Wildman–Crippen MR) is 184 cm³/mol. The first-order valence-corrected chi connectivity index (χ1v) is 17.2. The molecule has 5 aromatic rings. The Hall–Kier alpha value is -4.39. The van der Waals surface area contributed by atoms with Crippen LogP contribution in [0.4, 0.5) is 5.13 Å². The van der Waals surface area contributed by atoms with Crippen LogP contribution in [0.3, 0.4) is 0 Å². The van der Waals surface area contributed by atoms with Gasteiger partial charge in [-0.3, -0.25) is 14.5 Å². The molecule has 1 N–H and O–H groups in total. The molecule has 1 fully saturated rings. The fourth-order valence-electron chi connectivity index (χ4n) is 5.43. The first kappa shape index (κ1) is 32.5. The Kier molecular flexibility index (Phi) is 9.53. The summed E-state index contributed by atoms with van der Waals surface area (Å²) in [6.45, 7) is 6.31. The molecule has 0 aliphatic carbocycles. The number of carbonyl (C=O) groups is 2. The van der Waals surface area contributed by atoms with E-state index in [0.717, 1.165) is 24.0 Å². The zero-order chi connectivity index (χ0) is 33.2. The number of aromatic nitrogens is 4. The molecule has 0 radical (unpaired) electrons. The van der Waals surface area contributed by atoms with E-state index in [-0.39, 0.29) is 22.2 Å². The van der Waals surface area contributed by atoms with E-state index in [1.165, 1.54) is 35.1 Å². The molecule has 1 amide bonds. The van der Waals surface area contributed by atoms with E-state index in [2.05, 4.69) is 22.1 Å². The second-order valence-corrected chi connectivity index (χ2v) is 13.5. The summed E-state index contributed by atoms with van der Waals surface area (Å²) in [6.07, 6.45) is 3.68. The lowest BCUT2D eigenvalue weighted by Gasteiger charge is -2.23. The average molecular weight is 690 g/mol. The van der Waals surface area contributed by atoms with Crippen molar-refractivity contribution in [2.45, 2.75) is 49.7 Å². The SMILES string of the molecule is CCCCOc1ccc(C2/C(=C(\O)c3nc4c(C)cccn4c3C)C(=O)C(=O)N2c2nnc(SCc3ccccc3Cl)s2)cc1OC. The third kappa shape index (κ3) is 6.20. The van der Waals surface area contributed by atoms with Gasteiger partial charge in [0.1, 0.15) is 11.3 Å². The van der Waals surface area contributed by atoms with Crippen molar-refractivity contribution in [3.63, 3.8) is 0 Å². The topological polar surface area (TPSA) is 119 Å². The summed E-state index contributed by atoms with van der Waals surface area (Å²) in [5.41, 5.74) is 3.70. The summed E-state index contributed by atoms with van der Waals surface area (Å²) in [5, 5.41) is 21.3. The Labute approximate surface area is 285 Å². The summed E-state index contributed by atoms with van der Waals surface area (Å²) in [4.78, 5) is 33.7. The molecule has 4 heterocycles. The number of amides is 1. The van der Waals surface area contributed by atoms with Gasteiger partial charge in [0.2, 0.25) is 5.13 Å². The largest absolute Gasteiger partial charge is 0.505 e. The monoisotopic (exact) mass is 689 g/mol. The lowest BCUT2D eigenvalue weighted by Crippen LogP contribution is -2.29. The number of methoxy groups -OCH3 is 1. The van der Waals surface area contributed by atoms with Crippen molar-refractivity contribution in [3.8, 4) is 11.5 Å². The van der Waals surface area contributed by atoms with Crippen LogP contribution in [0.15, 0.2) is 70.7 Å². The molecular formula is C34H32ClN5O5S2. The molecule has 6 rings (SSSR count). The van der Waals surface area contributed by atoms with Gasteiger partial charge < -0.3 is 19.0 Å². The maximum Gasteiger partial charge on any atom is 0.301 e. The zero-order valence-corrected chi connectivity index (χ0v) is 28.6. The maximum absolute atomic E-state index is 13.9. The molecular weight excluding hydrogens is 658 g/mol. The molecule has 0 spiro atoms. The van der Waals surface area contributed by atoms with Crippen molar-refractivity contribution in [1.29, 1.82) is 0 Å². The summed E-state index contributed by atoms with van der Waals surface area (Å²) in [7, 11) is 1.53. The number of pyridine rings is 1. The van der Waals surface area contributed by atoms with Crippen LogP contribution in [-0.4, -0.2) is 50.1 Å². The van der Waals surface area contributed by atoms with Crippen molar-refractivity contribution in [3.05, 3.63) is 99.5 Å². The molecule has 1 unspecified atom stereocenters. The van der Waals surface area contributed by atoms with Gasteiger partial charge in [0, 0.05) is 17.0 Å². The Morgan fingerprint density at radius 1 is 1.09 bits per heavy atom. The number of hydrogen-bond acceptors (Lipinski definition) is 10. The fourth-order valence-corrected chi connectivity index (χ4v) is 7.59. The van der Waals surface area contributed by atoms with Gasteiger partial charge in [0.15, 0.2) is 21.6 Å². The number of carbonyl (C=O) groups excluding carboxylic acids is 2. The van der Waals surface area contributed by atoms with Crippen LogP contribution in [0.5, 0.6) is 11.5 Å². The number of unbranched alkanes of at least 4 members (excludes halogenated alkanes) is 1. The van der Waals surface area contributed by atoms with Crippen LogP contribution in [-0.2, 0) is 15.3 Å². The third-order valence-electron chi connectivity index (χ3n) is 7.92. The van der Waals surface area contributed by atoms with E-state index in [4.69, 9.17) is 21.1 Å². The highest BCUT2D eigenvalue weighted by atomic mass is 35.5. The van der Waals surface area contributed by atoms with Gasteiger partial charge in [0.25, 0.3) is 5.78 Å². The normalized spacial score (nSPS) is 15.9. The number of imidazole rings is 1. The summed E-state index contributed by atoms with van der Waals surface area (Å²) >= 11 is 8.94. The Morgan fingerprint density at radius 3 is 2.64 bits per heavy atom. The number of aliphatic hydroxyl groups excluding tert-OH is 1. The number of aliphatic hydroxyl groups is 1. The van der Waals surface area contributed by atoms with Crippen molar-refractivity contribution in [2.75, 3.05) is 18.6 Å². The number of ether oxygens (including phenoxy) is 2. The van der Waals surface area contributed by atoms with Crippen LogP contribution >= 0.6 is 34.7 Å². The lowest BCUT2D eigenvalue weighted by molar-refractivity contribution is -0.132. The Morgan fingerprint density at radius 2 is 1.89 bits per heavy atom. The number of Topliss-reactive ketones (excluding diaryl/α,β-unsaturated/α-hetero) is 1. The molecule has 0 saturated carbocycles. The fraction of sp³-hybridized carbons (Fsp3) is 0.265. The number of hydrogen-bond donors (Lipinski definition) is 1. The molecule has 10 nitrogen and oxygen atoms in total. The minimum absolute atomic E-state index is 0.110. The number of rotatable bonds is 11. The highest BCUT2D eigenvalue weighted by Crippen LogP contribution is 2.46. The highest BCUT2D eigenvalue weighted by Gasteiger charge is 2.49. The van der Waals surface area contributed by atoms with Gasteiger partial charge in [-0.25, -0.2) is 4.98 Å². The molecule has 1 atom stereocenters. The van der Waals surface area contributed by atoms with Crippen molar-refractivity contribution in [1.82, 2.24) is 19.6 Å². The molecule has 0 bridgehead atoms. The minimum Gasteiger partial charge on any atom is -0.505 e.